The SMILES string of the molecule is CCCCCCCC(=O)N(O)CC1=C(C(=O)O)N2C(=O)[C@@H](NC(=O)Cc3ccccc3)[C@H]2SC1. The summed E-state index contributed by atoms with van der Waals surface area (Å²) in [6.07, 6.45) is 5.08. The van der Waals surface area contributed by atoms with Gasteiger partial charge in [-0.1, -0.05) is 62.9 Å². The fourth-order valence-corrected chi connectivity index (χ4v) is 5.42. The van der Waals surface area contributed by atoms with Crippen LogP contribution in [0.25, 0.3) is 0 Å². The summed E-state index contributed by atoms with van der Waals surface area (Å²) in [7, 11) is 0. The molecule has 3 rings (SSSR count). The fourth-order valence-electron chi connectivity index (χ4n) is 4.09. The molecular formula is C24H31N3O6S. The predicted molar refractivity (Wildman–Crippen MR) is 127 cm³/mol. The Bertz CT molecular complexity index is 951. The molecule has 2 atom stereocenters. The van der Waals surface area contributed by atoms with E-state index in [0.29, 0.717) is 11.5 Å². The predicted octanol–water partition coefficient (Wildman–Crippen LogP) is 2.55. The highest BCUT2D eigenvalue weighted by molar-refractivity contribution is 8.00. The average Bonchev–Trinajstić information content (AvgIpc) is 2.82. The first-order valence-corrected chi connectivity index (χ1v) is 12.6. The number of nitrogens with zero attached hydrogens (tertiary/aromatic N) is 2. The van der Waals surface area contributed by atoms with E-state index in [1.54, 1.807) is 0 Å². The first-order chi connectivity index (χ1) is 16.3. The van der Waals surface area contributed by atoms with E-state index in [1.807, 2.05) is 30.3 Å². The van der Waals surface area contributed by atoms with E-state index in [1.165, 1.54) is 11.8 Å². The van der Waals surface area contributed by atoms with Crippen LogP contribution in [0.5, 0.6) is 0 Å². The van der Waals surface area contributed by atoms with Crippen molar-refractivity contribution in [2.24, 2.45) is 0 Å². The standard InChI is InChI=1S/C24H31N3O6S/c1-2-3-4-5-9-12-19(29)26(33)14-17-15-34-23-20(22(30)27(23)21(17)24(31)32)25-18(28)13-16-10-7-6-8-11-16/h6-8,10-11,20,23,33H,2-5,9,12-15H2,1H3,(H,25,28)(H,31,32)/t20-,23-/m1/s1. The number of fused-ring (bicyclic) bond motifs is 1. The molecular weight excluding hydrogens is 458 g/mol. The minimum atomic E-state index is -1.30. The number of carboxylic acids is 1. The maximum absolute atomic E-state index is 12.7. The van der Waals surface area contributed by atoms with Crippen molar-refractivity contribution < 1.29 is 29.5 Å². The van der Waals surface area contributed by atoms with E-state index in [0.717, 1.165) is 36.1 Å². The Labute approximate surface area is 203 Å². The number of hydrogen-bond acceptors (Lipinski definition) is 6. The van der Waals surface area contributed by atoms with Crippen LogP contribution in [0.3, 0.4) is 0 Å². The summed E-state index contributed by atoms with van der Waals surface area (Å²) < 4.78 is 0. The molecule has 0 spiro atoms. The molecule has 1 fully saturated rings. The van der Waals surface area contributed by atoms with Gasteiger partial charge in [0.15, 0.2) is 0 Å². The van der Waals surface area contributed by atoms with Crippen LogP contribution in [0.15, 0.2) is 41.6 Å². The zero-order valence-corrected chi connectivity index (χ0v) is 20.1. The highest BCUT2D eigenvalue weighted by Gasteiger charge is 2.54. The number of unbranched alkanes of at least 4 members (excludes halogenated alkanes) is 4. The molecule has 0 aromatic heterocycles. The second-order valence-corrected chi connectivity index (χ2v) is 9.60. The summed E-state index contributed by atoms with van der Waals surface area (Å²) in [4.78, 5) is 50.5. The fraction of sp³-hybridized carbons (Fsp3) is 0.500. The van der Waals surface area contributed by atoms with Crippen LogP contribution in [0.2, 0.25) is 0 Å². The van der Waals surface area contributed by atoms with Crippen molar-refractivity contribution in [2.45, 2.75) is 63.3 Å². The third kappa shape index (κ3) is 6.18. The van der Waals surface area contributed by atoms with Crippen molar-refractivity contribution in [3.05, 3.63) is 47.2 Å². The molecule has 184 valence electrons. The summed E-state index contributed by atoms with van der Waals surface area (Å²) in [6.45, 7) is 1.83. The Morgan fingerprint density at radius 3 is 2.53 bits per heavy atom. The molecule has 3 N–H and O–H groups in total. The van der Waals surface area contributed by atoms with E-state index in [-0.39, 0.29) is 42.3 Å². The van der Waals surface area contributed by atoms with Crippen LogP contribution >= 0.6 is 11.8 Å². The van der Waals surface area contributed by atoms with Gasteiger partial charge in [-0.3, -0.25) is 24.5 Å². The number of hydroxylamine groups is 2. The van der Waals surface area contributed by atoms with Gasteiger partial charge in [0.05, 0.1) is 13.0 Å². The summed E-state index contributed by atoms with van der Waals surface area (Å²) in [6, 6.07) is 8.31. The summed E-state index contributed by atoms with van der Waals surface area (Å²) in [5.41, 5.74) is 0.876. The number of hydrogen-bond donors (Lipinski definition) is 3. The van der Waals surface area contributed by atoms with Crippen LogP contribution < -0.4 is 5.32 Å². The number of rotatable bonds is 12. The molecule has 34 heavy (non-hydrogen) atoms. The number of β-lactam (4-membered cyclic amide) rings is 1. The molecule has 3 amide bonds. The summed E-state index contributed by atoms with van der Waals surface area (Å²) in [5.74, 6) is -2.38. The number of carbonyl (C=O) groups is 4. The van der Waals surface area contributed by atoms with Gasteiger partial charge in [-0.15, -0.1) is 11.8 Å². The molecule has 0 unspecified atom stereocenters. The van der Waals surface area contributed by atoms with Crippen LogP contribution in [0.4, 0.5) is 0 Å². The first-order valence-electron chi connectivity index (χ1n) is 11.6. The normalized spacial score (nSPS) is 19.4. The molecule has 1 saturated heterocycles. The zero-order chi connectivity index (χ0) is 24.7. The van der Waals surface area contributed by atoms with Crippen molar-refractivity contribution >= 4 is 35.5 Å². The number of carboxylic acid groups (broad SMARTS) is 1. The largest absolute Gasteiger partial charge is 0.477 e. The minimum absolute atomic E-state index is 0.120. The third-order valence-electron chi connectivity index (χ3n) is 5.90. The highest BCUT2D eigenvalue weighted by Crippen LogP contribution is 2.40. The van der Waals surface area contributed by atoms with Crippen LogP contribution in [-0.4, -0.2) is 67.7 Å². The molecule has 1 aromatic rings. The lowest BCUT2D eigenvalue weighted by Crippen LogP contribution is -2.70. The van der Waals surface area contributed by atoms with E-state index >= 15 is 0 Å². The molecule has 2 aliphatic heterocycles. The van der Waals surface area contributed by atoms with Crippen LogP contribution in [0, 0.1) is 0 Å². The minimum Gasteiger partial charge on any atom is -0.477 e. The second kappa shape index (κ2) is 12.0. The lowest BCUT2D eigenvalue weighted by atomic mass is 10.0. The maximum atomic E-state index is 12.7. The number of thioether (sulfide) groups is 1. The number of amides is 3. The van der Waals surface area contributed by atoms with Gasteiger partial charge in [0, 0.05) is 12.2 Å². The Morgan fingerprint density at radius 1 is 1.15 bits per heavy atom. The van der Waals surface area contributed by atoms with Gasteiger partial charge in [-0.05, 0) is 17.6 Å². The van der Waals surface area contributed by atoms with Crippen molar-refractivity contribution in [3.63, 3.8) is 0 Å². The van der Waals surface area contributed by atoms with E-state index < -0.39 is 29.2 Å². The van der Waals surface area contributed by atoms with Gasteiger partial charge in [0.2, 0.25) is 11.8 Å². The lowest BCUT2D eigenvalue weighted by molar-refractivity contribution is -0.164. The summed E-state index contributed by atoms with van der Waals surface area (Å²) >= 11 is 1.30. The quantitative estimate of drug-likeness (QED) is 0.178. The smallest absolute Gasteiger partial charge is 0.352 e. The number of benzene rings is 1. The van der Waals surface area contributed by atoms with Gasteiger partial charge >= 0.3 is 5.97 Å². The highest BCUT2D eigenvalue weighted by atomic mass is 32.2. The first kappa shape index (κ1) is 25.8. The average molecular weight is 490 g/mol. The summed E-state index contributed by atoms with van der Waals surface area (Å²) in [5, 5.41) is 22.7. The van der Waals surface area contributed by atoms with E-state index in [4.69, 9.17) is 0 Å². The third-order valence-corrected chi connectivity index (χ3v) is 7.24. The Morgan fingerprint density at radius 2 is 1.85 bits per heavy atom. The van der Waals surface area contributed by atoms with E-state index in [2.05, 4.69) is 12.2 Å². The molecule has 9 nitrogen and oxygen atoms in total. The molecule has 0 aliphatic carbocycles. The van der Waals surface area contributed by atoms with Gasteiger partial charge in [0.1, 0.15) is 17.1 Å². The maximum Gasteiger partial charge on any atom is 0.352 e. The van der Waals surface area contributed by atoms with Crippen molar-refractivity contribution in [1.29, 1.82) is 0 Å². The Balaban J connectivity index is 1.59. The van der Waals surface area contributed by atoms with Crippen molar-refractivity contribution in [1.82, 2.24) is 15.3 Å². The molecule has 0 bridgehead atoms. The van der Waals surface area contributed by atoms with Crippen molar-refractivity contribution in [3.8, 4) is 0 Å². The molecule has 1 aromatic carbocycles. The number of carbonyl (C=O) groups excluding carboxylic acids is 3. The second-order valence-electron chi connectivity index (χ2n) is 8.49. The number of aliphatic carboxylic acids is 1. The van der Waals surface area contributed by atoms with Crippen molar-refractivity contribution in [2.75, 3.05) is 12.3 Å². The lowest BCUT2D eigenvalue weighted by Gasteiger charge is -2.49. The molecule has 2 heterocycles. The molecule has 0 saturated carbocycles. The van der Waals surface area contributed by atoms with Crippen LogP contribution in [-0.2, 0) is 25.6 Å². The van der Waals surface area contributed by atoms with Gasteiger partial charge < -0.3 is 10.4 Å². The zero-order valence-electron chi connectivity index (χ0n) is 19.2. The van der Waals surface area contributed by atoms with Gasteiger partial charge in [-0.25, -0.2) is 9.86 Å². The monoisotopic (exact) mass is 489 g/mol. The molecule has 10 heteroatoms. The Hall–Kier alpha value is -2.85. The van der Waals surface area contributed by atoms with E-state index in [9.17, 15) is 29.5 Å². The topological polar surface area (TPSA) is 127 Å². The molecule has 0 radical (unpaired) electrons. The van der Waals surface area contributed by atoms with Crippen LogP contribution in [0.1, 0.15) is 51.0 Å². The molecule has 2 aliphatic rings. The number of nitrogens with one attached hydrogen (secondary N) is 1. The van der Waals surface area contributed by atoms with Gasteiger partial charge in [0.25, 0.3) is 5.91 Å². The van der Waals surface area contributed by atoms with Gasteiger partial charge in [-0.2, -0.15) is 0 Å². The Kier molecular flexibility index (Phi) is 9.12.